The molecule has 1 aromatic rings. The molecule has 2 nitrogen and oxygen atoms in total. The molecule has 1 aliphatic rings. The second-order valence-electron chi connectivity index (χ2n) is 3.23. The molecule has 1 aliphatic heterocycles. The van der Waals surface area contributed by atoms with Crippen LogP contribution in [0, 0.1) is 5.82 Å². The van der Waals surface area contributed by atoms with Crippen LogP contribution in [-0.4, -0.2) is 12.5 Å². The van der Waals surface area contributed by atoms with E-state index >= 15 is 0 Å². The molecule has 0 saturated carbocycles. The molecule has 0 aliphatic carbocycles. The van der Waals surface area contributed by atoms with Crippen molar-refractivity contribution in [1.29, 1.82) is 0 Å². The number of carbonyl (C=O) groups excluding carboxylic acids is 1. The summed E-state index contributed by atoms with van der Waals surface area (Å²) in [7, 11) is 0. The Balaban J connectivity index is 2.26. The number of benzene rings is 1. The number of amides is 1. The van der Waals surface area contributed by atoms with Crippen LogP contribution in [0.5, 0.6) is 0 Å². The van der Waals surface area contributed by atoms with E-state index in [0.717, 1.165) is 0 Å². The summed E-state index contributed by atoms with van der Waals surface area (Å²) in [5.74, 6) is -0.203. The van der Waals surface area contributed by atoms with Gasteiger partial charge in [-0.05, 0) is 11.6 Å². The number of nitrogens with one attached hydrogen (secondary N) is 1. The van der Waals surface area contributed by atoms with Crippen molar-refractivity contribution in [2.75, 3.05) is 6.54 Å². The van der Waals surface area contributed by atoms with E-state index in [1.807, 2.05) is 0 Å². The van der Waals surface area contributed by atoms with Gasteiger partial charge < -0.3 is 5.32 Å². The number of halogens is 1. The monoisotopic (exact) mass is 179 g/mol. The lowest BCUT2D eigenvalue weighted by Gasteiger charge is -2.07. The first-order chi connectivity index (χ1) is 6.27. The maximum Gasteiger partial charge on any atom is 0.220 e. The van der Waals surface area contributed by atoms with E-state index in [-0.39, 0.29) is 17.6 Å². The zero-order valence-electron chi connectivity index (χ0n) is 7.09. The molecule has 2 rings (SSSR count). The van der Waals surface area contributed by atoms with Gasteiger partial charge in [0.25, 0.3) is 0 Å². The van der Waals surface area contributed by atoms with Crippen LogP contribution in [0.4, 0.5) is 4.39 Å². The third kappa shape index (κ3) is 1.54. The molecular formula is C10H10FNO. The highest BCUT2D eigenvalue weighted by Gasteiger charge is 2.24. The predicted molar refractivity (Wildman–Crippen MR) is 46.8 cm³/mol. The molecule has 68 valence electrons. The van der Waals surface area contributed by atoms with Crippen molar-refractivity contribution < 1.29 is 9.18 Å². The Morgan fingerprint density at radius 1 is 1.38 bits per heavy atom. The van der Waals surface area contributed by atoms with Gasteiger partial charge in [-0.3, -0.25) is 4.79 Å². The van der Waals surface area contributed by atoms with Crippen LogP contribution in [0.25, 0.3) is 0 Å². The summed E-state index contributed by atoms with van der Waals surface area (Å²) < 4.78 is 13.2. The zero-order valence-corrected chi connectivity index (χ0v) is 7.09. The Kier molecular flexibility index (Phi) is 2.00. The van der Waals surface area contributed by atoms with E-state index in [2.05, 4.69) is 5.32 Å². The van der Waals surface area contributed by atoms with Crippen LogP contribution in [0.1, 0.15) is 17.9 Å². The first-order valence-electron chi connectivity index (χ1n) is 4.28. The average Bonchev–Trinajstić information content (AvgIpc) is 2.53. The molecule has 1 heterocycles. The molecule has 0 radical (unpaired) electrons. The van der Waals surface area contributed by atoms with Gasteiger partial charge in [-0.25, -0.2) is 4.39 Å². The number of carbonyl (C=O) groups is 1. The standard InChI is InChI=1S/C10H10FNO/c11-9-4-2-1-3-8(9)7-5-10(13)12-6-7/h1-4,7H,5-6H2,(H,12,13)/t7-/m1/s1. The first kappa shape index (κ1) is 8.23. The van der Waals surface area contributed by atoms with Gasteiger partial charge in [0.05, 0.1) is 0 Å². The van der Waals surface area contributed by atoms with E-state index in [4.69, 9.17) is 0 Å². The highest BCUT2D eigenvalue weighted by atomic mass is 19.1. The maximum absolute atomic E-state index is 13.2. The molecule has 0 spiro atoms. The van der Waals surface area contributed by atoms with Crippen molar-refractivity contribution in [3.05, 3.63) is 35.6 Å². The molecule has 1 N–H and O–H groups in total. The molecule has 1 aromatic carbocycles. The van der Waals surface area contributed by atoms with Gasteiger partial charge in [-0.15, -0.1) is 0 Å². The van der Waals surface area contributed by atoms with Crippen molar-refractivity contribution in [3.8, 4) is 0 Å². The minimum atomic E-state index is -0.219. The van der Waals surface area contributed by atoms with Crippen molar-refractivity contribution in [3.63, 3.8) is 0 Å². The topological polar surface area (TPSA) is 29.1 Å². The Morgan fingerprint density at radius 3 is 2.77 bits per heavy atom. The van der Waals surface area contributed by atoms with Crippen molar-refractivity contribution in [1.82, 2.24) is 5.32 Å². The molecule has 1 amide bonds. The summed E-state index contributed by atoms with van der Waals surface area (Å²) in [4.78, 5) is 10.9. The summed E-state index contributed by atoms with van der Waals surface area (Å²) in [6.45, 7) is 0.555. The van der Waals surface area contributed by atoms with Gasteiger partial charge in [0, 0.05) is 18.9 Å². The molecule has 13 heavy (non-hydrogen) atoms. The Morgan fingerprint density at radius 2 is 2.15 bits per heavy atom. The van der Waals surface area contributed by atoms with Crippen molar-refractivity contribution >= 4 is 5.91 Å². The fraction of sp³-hybridized carbons (Fsp3) is 0.300. The van der Waals surface area contributed by atoms with Crippen LogP contribution in [0.2, 0.25) is 0 Å². The minimum Gasteiger partial charge on any atom is -0.355 e. The minimum absolute atomic E-state index is 0.00764. The molecule has 0 unspecified atom stereocenters. The lowest BCUT2D eigenvalue weighted by molar-refractivity contribution is -0.119. The summed E-state index contributed by atoms with van der Waals surface area (Å²) in [6, 6.07) is 6.61. The molecule has 1 fully saturated rings. The molecule has 1 atom stereocenters. The van der Waals surface area contributed by atoms with Crippen LogP contribution in [0.15, 0.2) is 24.3 Å². The Hall–Kier alpha value is -1.38. The fourth-order valence-electron chi connectivity index (χ4n) is 1.63. The zero-order chi connectivity index (χ0) is 9.26. The number of hydrogen-bond acceptors (Lipinski definition) is 1. The third-order valence-corrected chi connectivity index (χ3v) is 2.32. The van der Waals surface area contributed by atoms with E-state index in [1.54, 1.807) is 18.2 Å². The normalized spacial score (nSPS) is 21.6. The SMILES string of the molecule is O=C1C[C@@H](c2ccccc2F)CN1. The molecular weight excluding hydrogens is 169 g/mol. The lowest BCUT2D eigenvalue weighted by Crippen LogP contribution is -2.13. The van der Waals surface area contributed by atoms with Crippen LogP contribution >= 0.6 is 0 Å². The summed E-state index contributed by atoms with van der Waals surface area (Å²) >= 11 is 0. The summed E-state index contributed by atoms with van der Waals surface area (Å²) in [5.41, 5.74) is 0.640. The van der Waals surface area contributed by atoms with Gasteiger partial charge in [0.15, 0.2) is 0 Å². The van der Waals surface area contributed by atoms with E-state index in [0.29, 0.717) is 18.5 Å². The average molecular weight is 179 g/mol. The van der Waals surface area contributed by atoms with E-state index < -0.39 is 0 Å². The highest BCUT2D eigenvalue weighted by molar-refractivity contribution is 5.79. The van der Waals surface area contributed by atoms with E-state index in [1.165, 1.54) is 6.07 Å². The number of hydrogen-bond donors (Lipinski definition) is 1. The van der Waals surface area contributed by atoms with Crippen LogP contribution in [-0.2, 0) is 4.79 Å². The lowest BCUT2D eigenvalue weighted by atomic mass is 9.98. The molecule has 1 saturated heterocycles. The smallest absolute Gasteiger partial charge is 0.220 e. The Bertz CT molecular complexity index is 337. The molecule has 0 bridgehead atoms. The number of rotatable bonds is 1. The van der Waals surface area contributed by atoms with Gasteiger partial charge in [0.1, 0.15) is 5.82 Å². The van der Waals surface area contributed by atoms with Crippen molar-refractivity contribution in [2.45, 2.75) is 12.3 Å². The highest BCUT2D eigenvalue weighted by Crippen LogP contribution is 2.24. The second-order valence-corrected chi connectivity index (χ2v) is 3.23. The van der Waals surface area contributed by atoms with Gasteiger partial charge in [-0.1, -0.05) is 18.2 Å². The van der Waals surface area contributed by atoms with E-state index in [9.17, 15) is 9.18 Å². The second kappa shape index (κ2) is 3.17. The van der Waals surface area contributed by atoms with Crippen molar-refractivity contribution in [2.24, 2.45) is 0 Å². The quantitative estimate of drug-likeness (QED) is 0.694. The van der Waals surface area contributed by atoms with Gasteiger partial charge >= 0.3 is 0 Å². The van der Waals surface area contributed by atoms with Gasteiger partial charge in [-0.2, -0.15) is 0 Å². The van der Waals surface area contributed by atoms with Crippen LogP contribution < -0.4 is 5.32 Å². The first-order valence-corrected chi connectivity index (χ1v) is 4.28. The fourth-order valence-corrected chi connectivity index (χ4v) is 1.63. The summed E-state index contributed by atoms with van der Waals surface area (Å²) in [6.07, 6.45) is 0.404. The van der Waals surface area contributed by atoms with Crippen LogP contribution in [0.3, 0.4) is 0 Å². The maximum atomic E-state index is 13.2. The summed E-state index contributed by atoms with van der Waals surface area (Å²) in [5, 5.41) is 2.69. The molecule has 3 heteroatoms. The Labute approximate surface area is 75.8 Å². The van der Waals surface area contributed by atoms with Gasteiger partial charge in [0.2, 0.25) is 5.91 Å². The predicted octanol–water partition coefficient (Wildman–Crippen LogP) is 1.43. The molecule has 0 aromatic heterocycles. The largest absolute Gasteiger partial charge is 0.355 e. The third-order valence-electron chi connectivity index (χ3n) is 2.32.